The number of benzene rings is 3. The molecule has 0 saturated carbocycles. The fraction of sp³-hybridized carbons (Fsp3) is 0.188. The molecule has 7 nitrogen and oxygen atoms in total. The number of halogens is 1. The van der Waals surface area contributed by atoms with E-state index >= 15 is 0 Å². The van der Waals surface area contributed by atoms with E-state index in [2.05, 4.69) is 44.7 Å². The lowest BCUT2D eigenvalue weighted by atomic mass is 10.1. The predicted molar refractivity (Wildman–Crippen MR) is 161 cm³/mol. The lowest BCUT2D eigenvalue weighted by Crippen LogP contribution is -2.22. The summed E-state index contributed by atoms with van der Waals surface area (Å²) in [6.07, 6.45) is 3.23. The van der Waals surface area contributed by atoms with E-state index in [0.29, 0.717) is 35.3 Å². The summed E-state index contributed by atoms with van der Waals surface area (Å²) in [5.41, 5.74) is 5.89. The lowest BCUT2D eigenvalue weighted by Gasteiger charge is -2.12. The standard InChI is InChI=1S/C32H28BrN5O2/c1-4-7-31-36-30-15-10-26(33)17-29(30)32(39)38(31)35-19-25-16-21(2)37(22(25)3)27-11-13-28(14-12-27)40-20-24-9-6-5-8-23(24)18-34/h5-6,8-17,19H,4,7,20H2,1-3H3. The quantitative estimate of drug-likeness (QED) is 0.184. The van der Waals surface area contributed by atoms with Crippen molar-refractivity contribution >= 4 is 33.0 Å². The molecule has 0 unspecified atom stereocenters. The number of ether oxygens (including phenoxy) is 1. The number of aryl methyl sites for hydroxylation is 2. The van der Waals surface area contributed by atoms with Crippen LogP contribution in [-0.4, -0.2) is 20.4 Å². The lowest BCUT2D eigenvalue weighted by molar-refractivity contribution is 0.306. The van der Waals surface area contributed by atoms with Crippen LogP contribution in [0.15, 0.2) is 87.2 Å². The van der Waals surface area contributed by atoms with Crippen LogP contribution in [0.5, 0.6) is 5.75 Å². The zero-order valence-corrected chi connectivity index (χ0v) is 24.1. The third-order valence-corrected chi connectivity index (χ3v) is 7.25. The van der Waals surface area contributed by atoms with Crippen LogP contribution in [0.2, 0.25) is 0 Å². The Balaban J connectivity index is 1.41. The first-order valence-electron chi connectivity index (χ1n) is 13.0. The third kappa shape index (κ3) is 5.47. The highest BCUT2D eigenvalue weighted by atomic mass is 79.9. The zero-order valence-electron chi connectivity index (χ0n) is 22.6. The van der Waals surface area contributed by atoms with Gasteiger partial charge in [-0.15, -0.1) is 0 Å². The van der Waals surface area contributed by atoms with E-state index in [4.69, 9.17) is 9.72 Å². The number of hydrogen-bond donors (Lipinski definition) is 0. The zero-order chi connectivity index (χ0) is 28.2. The molecule has 0 saturated heterocycles. The maximum atomic E-state index is 13.3. The summed E-state index contributed by atoms with van der Waals surface area (Å²) in [5.74, 6) is 1.36. The first kappa shape index (κ1) is 27.1. The third-order valence-electron chi connectivity index (χ3n) is 6.76. The van der Waals surface area contributed by atoms with Gasteiger partial charge in [0.15, 0.2) is 0 Å². The van der Waals surface area contributed by atoms with E-state index in [0.717, 1.165) is 44.8 Å². The normalized spacial score (nSPS) is 11.3. The van der Waals surface area contributed by atoms with Gasteiger partial charge in [0.1, 0.15) is 18.2 Å². The molecule has 3 aromatic carbocycles. The minimum absolute atomic E-state index is 0.187. The van der Waals surface area contributed by atoms with Gasteiger partial charge in [-0.25, -0.2) is 4.98 Å². The molecule has 0 radical (unpaired) electrons. The first-order valence-corrected chi connectivity index (χ1v) is 13.8. The second-order valence-corrected chi connectivity index (χ2v) is 10.4. The van der Waals surface area contributed by atoms with E-state index in [1.807, 2.05) is 68.4 Å². The van der Waals surface area contributed by atoms with Gasteiger partial charge in [-0.1, -0.05) is 41.1 Å². The molecule has 0 aliphatic rings. The highest BCUT2D eigenvalue weighted by Crippen LogP contribution is 2.23. The van der Waals surface area contributed by atoms with Crippen LogP contribution in [0.25, 0.3) is 16.6 Å². The second kappa shape index (κ2) is 11.7. The highest BCUT2D eigenvalue weighted by molar-refractivity contribution is 9.10. The minimum atomic E-state index is -0.187. The number of nitriles is 1. The fourth-order valence-corrected chi connectivity index (χ4v) is 5.10. The summed E-state index contributed by atoms with van der Waals surface area (Å²) >= 11 is 3.45. The molecule has 0 N–H and O–H groups in total. The summed E-state index contributed by atoms with van der Waals surface area (Å²) in [4.78, 5) is 18.1. The Labute approximate surface area is 241 Å². The van der Waals surface area contributed by atoms with E-state index in [1.54, 1.807) is 18.3 Å². The molecule has 0 bridgehead atoms. The summed E-state index contributed by atoms with van der Waals surface area (Å²) in [6, 6.07) is 25.1. The van der Waals surface area contributed by atoms with Crippen molar-refractivity contribution in [2.75, 3.05) is 0 Å². The molecule has 5 rings (SSSR count). The fourth-order valence-electron chi connectivity index (χ4n) is 4.74. The average Bonchev–Trinajstić information content (AvgIpc) is 3.25. The maximum absolute atomic E-state index is 13.3. The predicted octanol–water partition coefficient (Wildman–Crippen LogP) is 6.85. The van der Waals surface area contributed by atoms with Crippen molar-refractivity contribution in [3.8, 4) is 17.5 Å². The highest BCUT2D eigenvalue weighted by Gasteiger charge is 2.13. The number of rotatable bonds is 8. The monoisotopic (exact) mass is 593 g/mol. The van der Waals surface area contributed by atoms with Crippen LogP contribution in [0.4, 0.5) is 0 Å². The molecular formula is C32H28BrN5O2. The van der Waals surface area contributed by atoms with E-state index in [-0.39, 0.29) is 5.56 Å². The minimum Gasteiger partial charge on any atom is -0.489 e. The maximum Gasteiger partial charge on any atom is 0.282 e. The van der Waals surface area contributed by atoms with Crippen LogP contribution >= 0.6 is 15.9 Å². The summed E-state index contributed by atoms with van der Waals surface area (Å²) in [5, 5.41) is 14.4. The Bertz CT molecular complexity index is 1830. The van der Waals surface area contributed by atoms with Crippen molar-refractivity contribution < 1.29 is 4.74 Å². The van der Waals surface area contributed by atoms with E-state index in [1.165, 1.54) is 4.68 Å². The van der Waals surface area contributed by atoms with Crippen LogP contribution in [0.3, 0.4) is 0 Å². The number of hydrogen-bond acceptors (Lipinski definition) is 5. The van der Waals surface area contributed by atoms with Gasteiger partial charge in [-0.2, -0.15) is 15.0 Å². The van der Waals surface area contributed by atoms with Crippen molar-refractivity contribution in [3.63, 3.8) is 0 Å². The largest absolute Gasteiger partial charge is 0.489 e. The van der Waals surface area contributed by atoms with Gasteiger partial charge in [0, 0.05) is 39.1 Å². The molecule has 2 heterocycles. The van der Waals surface area contributed by atoms with Crippen LogP contribution in [-0.2, 0) is 13.0 Å². The molecule has 2 aromatic heterocycles. The summed E-state index contributed by atoms with van der Waals surface area (Å²) in [7, 11) is 0. The van der Waals surface area contributed by atoms with Crippen molar-refractivity contribution in [2.45, 2.75) is 40.2 Å². The van der Waals surface area contributed by atoms with Gasteiger partial charge in [-0.05, 0) is 74.9 Å². The summed E-state index contributed by atoms with van der Waals surface area (Å²) in [6.45, 7) is 6.45. The van der Waals surface area contributed by atoms with Crippen molar-refractivity contribution in [1.82, 2.24) is 14.2 Å². The van der Waals surface area contributed by atoms with Gasteiger partial charge in [0.25, 0.3) is 5.56 Å². The van der Waals surface area contributed by atoms with Gasteiger partial charge in [0.2, 0.25) is 0 Å². The molecule has 0 aliphatic carbocycles. The van der Waals surface area contributed by atoms with Crippen molar-refractivity contribution in [3.05, 3.63) is 122 Å². The molecule has 5 aromatic rings. The number of nitrogens with zero attached hydrogens (tertiary/aromatic N) is 5. The van der Waals surface area contributed by atoms with Crippen LogP contribution in [0, 0.1) is 25.2 Å². The molecule has 0 spiro atoms. The molecule has 0 fully saturated rings. The Hall–Kier alpha value is -4.48. The Morgan fingerprint density at radius 1 is 1.07 bits per heavy atom. The van der Waals surface area contributed by atoms with Gasteiger partial charge >= 0.3 is 0 Å². The van der Waals surface area contributed by atoms with Gasteiger partial charge in [-0.3, -0.25) is 4.79 Å². The van der Waals surface area contributed by atoms with E-state index < -0.39 is 0 Å². The van der Waals surface area contributed by atoms with E-state index in [9.17, 15) is 10.1 Å². The van der Waals surface area contributed by atoms with Crippen LogP contribution < -0.4 is 10.3 Å². The Kier molecular flexibility index (Phi) is 7.94. The second-order valence-electron chi connectivity index (χ2n) is 9.51. The molecule has 200 valence electrons. The first-order chi connectivity index (χ1) is 19.4. The van der Waals surface area contributed by atoms with Crippen LogP contribution in [0.1, 0.15) is 47.2 Å². The summed E-state index contributed by atoms with van der Waals surface area (Å²) < 4.78 is 10.3. The number of fused-ring (bicyclic) bond motifs is 1. The molecule has 40 heavy (non-hydrogen) atoms. The molecule has 8 heteroatoms. The molecular weight excluding hydrogens is 566 g/mol. The topological polar surface area (TPSA) is 85.2 Å². The average molecular weight is 595 g/mol. The van der Waals surface area contributed by atoms with Crippen molar-refractivity contribution in [2.24, 2.45) is 5.10 Å². The van der Waals surface area contributed by atoms with Gasteiger partial charge in [0.05, 0.1) is 28.8 Å². The van der Waals surface area contributed by atoms with Gasteiger partial charge < -0.3 is 9.30 Å². The SMILES string of the molecule is CCCc1nc2ccc(Br)cc2c(=O)n1N=Cc1cc(C)n(-c2ccc(OCc3ccccc3C#N)cc2)c1C. The molecule has 0 amide bonds. The Morgan fingerprint density at radius 3 is 2.60 bits per heavy atom. The molecule has 0 aliphatic heterocycles. The number of aromatic nitrogens is 3. The van der Waals surface area contributed by atoms with Crippen molar-refractivity contribution in [1.29, 1.82) is 5.26 Å². The smallest absolute Gasteiger partial charge is 0.282 e. The Morgan fingerprint density at radius 2 is 1.85 bits per heavy atom. The molecule has 0 atom stereocenters.